The summed E-state index contributed by atoms with van der Waals surface area (Å²) in [5.74, 6) is -1.77. The van der Waals surface area contributed by atoms with Gasteiger partial charge >= 0.3 is 5.97 Å². The molecule has 0 atom stereocenters. The third-order valence-electron chi connectivity index (χ3n) is 1.78. The van der Waals surface area contributed by atoms with Crippen LogP contribution < -0.4 is 9.86 Å². The van der Waals surface area contributed by atoms with E-state index in [9.17, 15) is 21.6 Å². The molecule has 0 spiro atoms. The van der Waals surface area contributed by atoms with Crippen LogP contribution in [-0.4, -0.2) is 40.2 Å². The molecule has 1 aromatic heterocycles. The SMILES string of the molecule is NS(=O)(=O)CCNS(=O)(=O)c1csc(C(=O)O)c1. The molecule has 102 valence electrons. The fourth-order valence-electron chi connectivity index (χ4n) is 0.973. The van der Waals surface area contributed by atoms with Crippen molar-refractivity contribution in [2.24, 2.45) is 5.14 Å². The number of sulfonamides is 2. The number of carboxylic acid groups (broad SMARTS) is 1. The zero-order valence-electron chi connectivity index (χ0n) is 8.86. The van der Waals surface area contributed by atoms with Gasteiger partial charge in [0.25, 0.3) is 0 Å². The number of hydrogen-bond donors (Lipinski definition) is 3. The predicted molar refractivity (Wildman–Crippen MR) is 64.4 cm³/mol. The van der Waals surface area contributed by atoms with Crippen molar-refractivity contribution in [3.8, 4) is 0 Å². The van der Waals surface area contributed by atoms with Crippen molar-refractivity contribution >= 4 is 37.4 Å². The summed E-state index contributed by atoms with van der Waals surface area (Å²) in [6.07, 6.45) is 0. The lowest BCUT2D eigenvalue weighted by Crippen LogP contribution is -2.31. The first-order chi connectivity index (χ1) is 8.12. The number of carbonyl (C=O) groups is 1. The van der Waals surface area contributed by atoms with Crippen molar-refractivity contribution in [3.63, 3.8) is 0 Å². The lowest BCUT2D eigenvalue weighted by Gasteiger charge is -2.03. The standard InChI is InChI=1S/C7H10N2O6S3/c8-17(12,13)2-1-9-18(14,15)5-3-6(7(10)11)16-4-5/h3-4,9H,1-2H2,(H,10,11)(H2,8,12,13). The molecule has 0 aromatic carbocycles. The summed E-state index contributed by atoms with van der Waals surface area (Å²) >= 11 is 0.762. The second-order valence-electron chi connectivity index (χ2n) is 3.22. The third-order valence-corrected chi connectivity index (χ3v) is 5.06. The minimum absolute atomic E-state index is 0.123. The molecular weight excluding hydrogens is 304 g/mol. The van der Waals surface area contributed by atoms with Gasteiger partial charge in [0.1, 0.15) is 4.88 Å². The van der Waals surface area contributed by atoms with E-state index in [1.807, 2.05) is 4.72 Å². The van der Waals surface area contributed by atoms with Gasteiger partial charge in [-0.2, -0.15) is 0 Å². The van der Waals surface area contributed by atoms with Crippen LogP contribution in [0.4, 0.5) is 0 Å². The van der Waals surface area contributed by atoms with Crippen LogP contribution >= 0.6 is 11.3 Å². The normalized spacial score (nSPS) is 12.5. The minimum atomic E-state index is -3.92. The molecule has 0 unspecified atom stereocenters. The molecule has 0 radical (unpaired) electrons. The molecule has 0 saturated heterocycles. The number of thiophene rings is 1. The highest BCUT2D eigenvalue weighted by molar-refractivity contribution is 7.90. The van der Waals surface area contributed by atoms with E-state index in [1.54, 1.807) is 0 Å². The van der Waals surface area contributed by atoms with E-state index in [4.69, 9.17) is 10.2 Å². The number of nitrogens with two attached hydrogens (primary N) is 1. The van der Waals surface area contributed by atoms with Gasteiger partial charge < -0.3 is 5.11 Å². The lowest BCUT2D eigenvalue weighted by atomic mass is 10.5. The molecule has 0 aliphatic rings. The van der Waals surface area contributed by atoms with Crippen LogP contribution in [0, 0.1) is 0 Å². The molecular formula is C7H10N2O6S3. The van der Waals surface area contributed by atoms with Gasteiger partial charge in [0.15, 0.2) is 0 Å². The number of primary sulfonamides is 1. The largest absolute Gasteiger partial charge is 0.477 e. The molecule has 4 N–H and O–H groups in total. The van der Waals surface area contributed by atoms with Crippen LogP contribution in [0.3, 0.4) is 0 Å². The van der Waals surface area contributed by atoms with Crippen molar-refractivity contribution in [1.82, 2.24) is 4.72 Å². The molecule has 0 fully saturated rings. The summed E-state index contributed by atoms with van der Waals surface area (Å²) in [6, 6.07) is 0.992. The summed E-state index contributed by atoms with van der Waals surface area (Å²) in [5.41, 5.74) is 0. The van der Waals surface area contributed by atoms with Crippen LogP contribution in [0.1, 0.15) is 9.67 Å². The Morgan fingerprint density at radius 1 is 1.39 bits per heavy atom. The maximum Gasteiger partial charge on any atom is 0.345 e. The first-order valence-electron chi connectivity index (χ1n) is 4.44. The number of aromatic carboxylic acids is 1. The van der Waals surface area contributed by atoms with Crippen molar-refractivity contribution in [2.45, 2.75) is 4.90 Å². The van der Waals surface area contributed by atoms with Gasteiger partial charge in [-0.25, -0.2) is 31.5 Å². The van der Waals surface area contributed by atoms with E-state index in [0.717, 1.165) is 22.8 Å². The van der Waals surface area contributed by atoms with Crippen molar-refractivity contribution in [1.29, 1.82) is 0 Å². The van der Waals surface area contributed by atoms with Crippen LogP contribution in [-0.2, 0) is 20.0 Å². The fraction of sp³-hybridized carbons (Fsp3) is 0.286. The molecule has 0 bridgehead atoms. The molecule has 18 heavy (non-hydrogen) atoms. The Balaban J connectivity index is 2.77. The van der Waals surface area contributed by atoms with E-state index < -0.39 is 31.8 Å². The highest BCUT2D eigenvalue weighted by Gasteiger charge is 2.18. The molecule has 1 rings (SSSR count). The first kappa shape index (κ1) is 15.0. The first-order valence-corrected chi connectivity index (χ1v) is 8.51. The molecule has 0 saturated carbocycles. The van der Waals surface area contributed by atoms with E-state index in [1.165, 1.54) is 0 Å². The monoisotopic (exact) mass is 314 g/mol. The van der Waals surface area contributed by atoms with Crippen LogP contribution in [0.2, 0.25) is 0 Å². The Morgan fingerprint density at radius 3 is 2.44 bits per heavy atom. The summed E-state index contributed by atoms with van der Waals surface area (Å²) in [6.45, 7) is -0.376. The Labute approximate surface area is 108 Å². The molecule has 1 aromatic rings. The van der Waals surface area contributed by atoms with Crippen molar-refractivity contribution in [2.75, 3.05) is 12.3 Å². The molecule has 11 heteroatoms. The van der Waals surface area contributed by atoms with Gasteiger partial charge in [0, 0.05) is 11.9 Å². The number of hydrogen-bond acceptors (Lipinski definition) is 6. The zero-order chi connectivity index (χ0) is 14.0. The number of rotatable bonds is 6. The van der Waals surface area contributed by atoms with Crippen molar-refractivity contribution < 1.29 is 26.7 Å². The summed E-state index contributed by atoms with van der Waals surface area (Å²) < 4.78 is 46.5. The molecule has 0 amide bonds. The number of carboxylic acids is 1. The summed E-state index contributed by atoms with van der Waals surface area (Å²) in [7, 11) is -7.67. The molecule has 8 nitrogen and oxygen atoms in total. The topological polar surface area (TPSA) is 144 Å². The number of nitrogens with one attached hydrogen (secondary N) is 1. The Hall–Kier alpha value is -1.01. The highest BCUT2D eigenvalue weighted by atomic mass is 32.2. The van der Waals surface area contributed by atoms with Crippen LogP contribution in [0.15, 0.2) is 16.3 Å². The third kappa shape index (κ3) is 4.34. The summed E-state index contributed by atoms with van der Waals surface area (Å²) in [4.78, 5) is 10.2. The zero-order valence-corrected chi connectivity index (χ0v) is 11.3. The van der Waals surface area contributed by atoms with E-state index in [-0.39, 0.29) is 16.3 Å². The maximum atomic E-state index is 11.6. The maximum absolute atomic E-state index is 11.6. The van der Waals surface area contributed by atoms with Crippen molar-refractivity contribution in [3.05, 3.63) is 16.3 Å². The average Bonchev–Trinajstić information content (AvgIpc) is 2.63. The average molecular weight is 314 g/mol. The van der Waals surface area contributed by atoms with Gasteiger partial charge in [0.2, 0.25) is 20.0 Å². The Morgan fingerprint density at radius 2 is 2.00 bits per heavy atom. The molecule has 0 aliphatic carbocycles. The second kappa shape index (κ2) is 5.32. The van der Waals surface area contributed by atoms with Gasteiger partial charge in [-0.15, -0.1) is 11.3 Å². The predicted octanol–water partition coefficient (Wildman–Crippen LogP) is -0.987. The highest BCUT2D eigenvalue weighted by Crippen LogP contribution is 2.18. The Kier molecular flexibility index (Phi) is 4.45. The lowest BCUT2D eigenvalue weighted by molar-refractivity contribution is 0.0702. The van der Waals surface area contributed by atoms with Gasteiger partial charge in [-0.3, -0.25) is 0 Å². The van der Waals surface area contributed by atoms with Crippen LogP contribution in [0.5, 0.6) is 0 Å². The minimum Gasteiger partial charge on any atom is -0.477 e. The smallest absolute Gasteiger partial charge is 0.345 e. The summed E-state index contributed by atoms with van der Waals surface area (Å²) in [5, 5.41) is 14.5. The van der Waals surface area contributed by atoms with Gasteiger partial charge in [-0.1, -0.05) is 0 Å². The second-order valence-corrected chi connectivity index (χ2v) is 7.63. The molecule has 0 aliphatic heterocycles. The van der Waals surface area contributed by atoms with Crippen LogP contribution in [0.25, 0.3) is 0 Å². The van der Waals surface area contributed by atoms with Gasteiger partial charge in [-0.05, 0) is 6.07 Å². The molecule has 1 heterocycles. The van der Waals surface area contributed by atoms with E-state index in [2.05, 4.69) is 0 Å². The van der Waals surface area contributed by atoms with E-state index in [0.29, 0.717) is 0 Å². The van der Waals surface area contributed by atoms with Gasteiger partial charge in [0.05, 0.1) is 10.6 Å². The van der Waals surface area contributed by atoms with E-state index >= 15 is 0 Å². The fourth-order valence-corrected chi connectivity index (χ4v) is 3.63. The Bertz CT molecular complexity index is 644. The quantitative estimate of drug-likeness (QED) is 0.615.